The molecule has 1 saturated carbocycles. The number of hydrogen-bond acceptors (Lipinski definition) is 3. The Balaban J connectivity index is 2.15. The molecule has 0 saturated heterocycles. The van der Waals surface area contributed by atoms with E-state index in [1.165, 1.54) is 0 Å². The molecule has 0 unspecified atom stereocenters. The van der Waals surface area contributed by atoms with E-state index in [9.17, 15) is 4.79 Å². The summed E-state index contributed by atoms with van der Waals surface area (Å²) in [6, 6.07) is 2.15. The molecule has 1 rings (SSSR count). The summed E-state index contributed by atoms with van der Waals surface area (Å²) in [6.45, 7) is 5.95. The monoisotopic (exact) mass is 238 g/mol. The molecule has 0 atom stereocenters. The van der Waals surface area contributed by atoms with E-state index in [2.05, 4.69) is 25.2 Å². The zero-order chi connectivity index (χ0) is 12.7. The fourth-order valence-electron chi connectivity index (χ4n) is 2.21. The lowest BCUT2D eigenvalue weighted by Crippen LogP contribution is -2.48. The fraction of sp³-hybridized carbons (Fsp3) is 0.846. The molecule has 4 heteroatoms. The van der Waals surface area contributed by atoms with Crippen molar-refractivity contribution >= 4 is 5.91 Å². The highest BCUT2D eigenvalue weighted by atomic mass is 16.5. The summed E-state index contributed by atoms with van der Waals surface area (Å²) in [5, 5.41) is 11.8. The molecular weight excluding hydrogens is 216 g/mol. The number of nitrogens with one attached hydrogen (secondary N) is 1. The SMILES string of the molecule is CCCCOCCNC(=O)C1(C#N)CC(C)C1. The van der Waals surface area contributed by atoms with Crippen LogP contribution in [0.25, 0.3) is 0 Å². The van der Waals surface area contributed by atoms with E-state index in [1.807, 2.05) is 0 Å². The van der Waals surface area contributed by atoms with Crippen molar-refractivity contribution in [3.05, 3.63) is 0 Å². The number of nitrogens with zero attached hydrogens (tertiary/aromatic N) is 1. The van der Waals surface area contributed by atoms with Crippen molar-refractivity contribution in [1.82, 2.24) is 5.32 Å². The lowest BCUT2D eigenvalue weighted by Gasteiger charge is -2.39. The molecule has 0 aromatic carbocycles. The van der Waals surface area contributed by atoms with Gasteiger partial charge in [-0.25, -0.2) is 0 Å². The Morgan fingerprint density at radius 2 is 2.24 bits per heavy atom. The standard InChI is InChI=1S/C13H22N2O2/c1-3-4-6-17-7-5-15-12(16)13(10-14)8-11(2)9-13/h11H,3-9H2,1-2H3,(H,15,16). The number of carbonyl (C=O) groups is 1. The first kappa shape index (κ1) is 14.0. The van der Waals surface area contributed by atoms with Crippen LogP contribution < -0.4 is 5.32 Å². The Labute approximate surface area is 103 Å². The van der Waals surface area contributed by atoms with Crippen LogP contribution in [0.3, 0.4) is 0 Å². The Bertz CT molecular complexity index is 290. The second-order valence-electron chi connectivity index (χ2n) is 4.93. The van der Waals surface area contributed by atoms with Crippen LogP contribution in [0.5, 0.6) is 0 Å². The first-order valence-corrected chi connectivity index (χ1v) is 6.42. The Morgan fingerprint density at radius 3 is 2.76 bits per heavy atom. The van der Waals surface area contributed by atoms with E-state index in [4.69, 9.17) is 10.00 Å². The summed E-state index contributed by atoms with van der Waals surface area (Å²) >= 11 is 0. The summed E-state index contributed by atoms with van der Waals surface area (Å²) in [5.74, 6) is 0.360. The molecule has 0 radical (unpaired) electrons. The number of ether oxygens (including phenoxy) is 1. The van der Waals surface area contributed by atoms with Gasteiger partial charge in [0.2, 0.25) is 5.91 Å². The largest absolute Gasteiger partial charge is 0.380 e. The van der Waals surface area contributed by atoms with Crippen molar-refractivity contribution in [2.24, 2.45) is 11.3 Å². The third-order valence-electron chi connectivity index (χ3n) is 3.22. The molecule has 1 amide bonds. The quantitative estimate of drug-likeness (QED) is 0.689. The molecule has 0 aromatic heterocycles. The third kappa shape index (κ3) is 3.71. The van der Waals surface area contributed by atoms with Crippen LogP contribution in [0, 0.1) is 22.7 Å². The van der Waals surface area contributed by atoms with E-state index >= 15 is 0 Å². The van der Waals surface area contributed by atoms with Gasteiger partial charge in [0.1, 0.15) is 5.41 Å². The van der Waals surface area contributed by atoms with Gasteiger partial charge in [-0.1, -0.05) is 20.3 Å². The molecule has 17 heavy (non-hydrogen) atoms. The lowest BCUT2D eigenvalue weighted by molar-refractivity contribution is -0.134. The average molecular weight is 238 g/mol. The highest BCUT2D eigenvalue weighted by Gasteiger charge is 2.48. The van der Waals surface area contributed by atoms with Crippen molar-refractivity contribution < 1.29 is 9.53 Å². The number of nitriles is 1. The van der Waals surface area contributed by atoms with Gasteiger partial charge in [0.05, 0.1) is 12.7 Å². The minimum absolute atomic E-state index is 0.128. The normalized spacial score (nSPS) is 27.0. The van der Waals surface area contributed by atoms with Crippen molar-refractivity contribution in [3.8, 4) is 6.07 Å². The van der Waals surface area contributed by atoms with E-state index in [0.717, 1.165) is 19.4 Å². The van der Waals surface area contributed by atoms with Gasteiger partial charge in [0.15, 0.2) is 0 Å². The molecule has 1 fully saturated rings. The number of amides is 1. The number of carbonyl (C=O) groups excluding carboxylic acids is 1. The van der Waals surface area contributed by atoms with Crippen LogP contribution in [0.4, 0.5) is 0 Å². The van der Waals surface area contributed by atoms with Gasteiger partial charge in [0.25, 0.3) is 0 Å². The maximum absolute atomic E-state index is 11.8. The minimum Gasteiger partial charge on any atom is -0.380 e. The summed E-state index contributed by atoms with van der Waals surface area (Å²) < 4.78 is 5.35. The minimum atomic E-state index is -0.761. The van der Waals surface area contributed by atoms with Gasteiger partial charge in [-0.15, -0.1) is 0 Å². The van der Waals surface area contributed by atoms with Gasteiger partial charge >= 0.3 is 0 Å². The second kappa shape index (κ2) is 6.61. The van der Waals surface area contributed by atoms with Gasteiger partial charge in [0, 0.05) is 13.2 Å². The molecule has 4 nitrogen and oxygen atoms in total. The second-order valence-corrected chi connectivity index (χ2v) is 4.93. The topological polar surface area (TPSA) is 62.1 Å². The van der Waals surface area contributed by atoms with Gasteiger partial charge in [-0.05, 0) is 25.2 Å². The van der Waals surface area contributed by atoms with Crippen LogP contribution >= 0.6 is 0 Å². The molecule has 0 bridgehead atoms. The maximum atomic E-state index is 11.8. The van der Waals surface area contributed by atoms with Crippen LogP contribution in [0.15, 0.2) is 0 Å². The maximum Gasteiger partial charge on any atom is 0.240 e. The smallest absolute Gasteiger partial charge is 0.240 e. The number of rotatable bonds is 7. The molecule has 0 heterocycles. The summed E-state index contributed by atoms with van der Waals surface area (Å²) in [5.41, 5.74) is -0.761. The molecule has 96 valence electrons. The van der Waals surface area contributed by atoms with Crippen LogP contribution in [0.2, 0.25) is 0 Å². The average Bonchev–Trinajstić information content (AvgIpc) is 2.29. The molecule has 1 aliphatic carbocycles. The first-order valence-electron chi connectivity index (χ1n) is 6.42. The van der Waals surface area contributed by atoms with Gasteiger partial charge < -0.3 is 10.1 Å². The summed E-state index contributed by atoms with van der Waals surface area (Å²) in [4.78, 5) is 11.8. The van der Waals surface area contributed by atoms with Gasteiger partial charge in [-0.2, -0.15) is 5.26 Å². The van der Waals surface area contributed by atoms with Crippen molar-refractivity contribution in [2.45, 2.75) is 39.5 Å². The zero-order valence-corrected chi connectivity index (χ0v) is 10.8. The number of hydrogen-bond donors (Lipinski definition) is 1. The summed E-state index contributed by atoms with van der Waals surface area (Å²) in [6.07, 6.45) is 3.54. The first-order chi connectivity index (χ1) is 8.14. The predicted octanol–water partition coefficient (Wildman–Crippen LogP) is 1.86. The van der Waals surface area contributed by atoms with Crippen LogP contribution in [-0.2, 0) is 9.53 Å². The van der Waals surface area contributed by atoms with Crippen LogP contribution in [-0.4, -0.2) is 25.7 Å². The lowest BCUT2D eigenvalue weighted by atomic mass is 9.63. The molecule has 0 aliphatic heterocycles. The third-order valence-corrected chi connectivity index (χ3v) is 3.22. The molecule has 1 N–H and O–H groups in total. The summed E-state index contributed by atoms with van der Waals surface area (Å²) in [7, 11) is 0. The number of unbranched alkanes of at least 4 members (excludes halogenated alkanes) is 1. The van der Waals surface area contributed by atoms with E-state index < -0.39 is 5.41 Å². The highest BCUT2D eigenvalue weighted by molar-refractivity contribution is 5.86. The zero-order valence-electron chi connectivity index (χ0n) is 10.8. The Hall–Kier alpha value is -1.08. The van der Waals surface area contributed by atoms with E-state index in [1.54, 1.807) is 0 Å². The Kier molecular flexibility index (Phi) is 5.43. The molecule has 1 aliphatic rings. The van der Waals surface area contributed by atoms with E-state index in [0.29, 0.717) is 31.9 Å². The van der Waals surface area contributed by atoms with Crippen molar-refractivity contribution in [3.63, 3.8) is 0 Å². The van der Waals surface area contributed by atoms with Crippen molar-refractivity contribution in [2.75, 3.05) is 19.8 Å². The van der Waals surface area contributed by atoms with Gasteiger partial charge in [-0.3, -0.25) is 4.79 Å². The highest BCUT2D eigenvalue weighted by Crippen LogP contribution is 2.44. The molecule has 0 aromatic rings. The Morgan fingerprint density at radius 1 is 1.53 bits per heavy atom. The van der Waals surface area contributed by atoms with Crippen molar-refractivity contribution in [1.29, 1.82) is 5.26 Å². The predicted molar refractivity (Wildman–Crippen MR) is 65.2 cm³/mol. The van der Waals surface area contributed by atoms with Crippen LogP contribution in [0.1, 0.15) is 39.5 Å². The molecule has 0 spiro atoms. The fourth-order valence-corrected chi connectivity index (χ4v) is 2.21. The van der Waals surface area contributed by atoms with E-state index in [-0.39, 0.29) is 5.91 Å². The molecular formula is C13H22N2O2.